The smallest absolute Gasteiger partial charge is 0.117 e. The van der Waals surface area contributed by atoms with E-state index < -0.39 is 0 Å². The van der Waals surface area contributed by atoms with E-state index in [1.54, 1.807) is 7.11 Å². The van der Waals surface area contributed by atoms with Gasteiger partial charge in [0.25, 0.3) is 0 Å². The number of hydrogen-bond acceptors (Lipinski definition) is 4. The number of hydrazine groups is 1. The van der Waals surface area contributed by atoms with Crippen molar-refractivity contribution in [1.29, 1.82) is 0 Å². The number of ether oxygens (including phenoxy) is 1. The zero-order chi connectivity index (χ0) is 9.40. The monoisotopic (exact) mass is 171 g/mol. The van der Waals surface area contributed by atoms with Crippen molar-refractivity contribution in [3.05, 3.63) is 24.7 Å². The molecule has 4 nitrogen and oxygen atoms in total. The van der Waals surface area contributed by atoms with Crippen LogP contribution in [0.25, 0.3) is 0 Å². The average molecular weight is 171 g/mol. The van der Waals surface area contributed by atoms with Gasteiger partial charge in [-0.05, 0) is 6.42 Å². The van der Waals surface area contributed by atoms with E-state index in [2.05, 4.69) is 29.3 Å². The Hall–Kier alpha value is -1.16. The molecule has 0 rings (SSSR count). The van der Waals surface area contributed by atoms with Crippen LogP contribution in [-0.2, 0) is 4.74 Å². The van der Waals surface area contributed by atoms with Gasteiger partial charge in [-0.1, -0.05) is 20.1 Å². The molecule has 0 heterocycles. The third-order valence-electron chi connectivity index (χ3n) is 1.25. The lowest BCUT2D eigenvalue weighted by Gasteiger charge is -2.13. The van der Waals surface area contributed by atoms with E-state index in [1.165, 1.54) is 0 Å². The van der Waals surface area contributed by atoms with Crippen LogP contribution in [0.5, 0.6) is 0 Å². The largest absolute Gasteiger partial charge is 0.365 e. The molecule has 0 aromatic heterocycles. The summed E-state index contributed by atoms with van der Waals surface area (Å²) >= 11 is 0. The highest BCUT2D eigenvalue weighted by Gasteiger charge is 1.90. The third kappa shape index (κ3) is 5.61. The maximum Gasteiger partial charge on any atom is 0.117 e. The van der Waals surface area contributed by atoms with Crippen LogP contribution in [0.1, 0.15) is 13.3 Å². The highest BCUT2D eigenvalue weighted by Crippen LogP contribution is 1.87. The van der Waals surface area contributed by atoms with E-state index in [-0.39, 0.29) is 0 Å². The molecule has 0 saturated heterocycles. The minimum absolute atomic E-state index is 0.437. The maximum atomic E-state index is 4.78. The van der Waals surface area contributed by atoms with Gasteiger partial charge in [0.05, 0.1) is 0 Å². The minimum Gasteiger partial charge on any atom is -0.365 e. The average Bonchev–Trinajstić information content (AvgIpc) is 2.10. The SMILES string of the molecule is C=C(CC)NNC(=C)NCOC. The first-order valence-electron chi connectivity index (χ1n) is 3.82. The zero-order valence-corrected chi connectivity index (χ0v) is 7.74. The Morgan fingerprint density at radius 1 is 1.33 bits per heavy atom. The molecule has 70 valence electrons. The van der Waals surface area contributed by atoms with Crippen molar-refractivity contribution in [3.8, 4) is 0 Å². The molecule has 12 heavy (non-hydrogen) atoms. The lowest BCUT2D eigenvalue weighted by atomic mass is 10.4. The van der Waals surface area contributed by atoms with Crippen LogP contribution in [0.4, 0.5) is 0 Å². The molecule has 0 aliphatic rings. The molecular weight excluding hydrogens is 154 g/mol. The van der Waals surface area contributed by atoms with E-state index in [0.29, 0.717) is 12.6 Å². The zero-order valence-electron chi connectivity index (χ0n) is 7.74. The van der Waals surface area contributed by atoms with Crippen molar-refractivity contribution in [1.82, 2.24) is 16.2 Å². The number of methoxy groups -OCH3 is 1. The first kappa shape index (κ1) is 10.8. The molecular formula is C8H17N3O. The Labute approximate surface area is 73.6 Å². The summed E-state index contributed by atoms with van der Waals surface area (Å²) < 4.78 is 4.78. The standard InChI is InChI=1S/C8H17N3O/c1-5-7(2)10-11-8(3)9-6-12-4/h9-11H,2-3,5-6H2,1,4H3. The van der Waals surface area contributed by atoms with Crippen molar-refractivity contribution < 1.29 is 4.74 Å². The minimum atomic E-state index is 0.437. The van der Waals surface area contributed by atoms with Gasteiger partial charge in [-0.15, -0.1) is 0 Å². The summed E-state index contributed by atoms with van der Waals surface area (Å²) in [7, 11) is 1.61. The normalized spacial score (nSPS) is 8.83. The Morgan fingerprint density at radius 2 is 2.00 bits per heavy atom. The highest BCUT2D eigenvalue weighted by atomic mass is 16.5. The van der Waals surface area contributed by atoms with Gasteiger partial charge in [0.2, 0.25) is 0 Å². The molecule has 0 aromatic carbocycles. The Bertz CT molecular complexity index is 156. The molecule has 0 atom stereocenters. The fourth-order valence-corrected chi connectivity index (χ4v) is 0.456. The fraction of sp³-hybridized carbons (Fsp3) is 0.500. The molecule has 0 aliphatic heterocycles. The summed E-state index contributed by atoms with van der Waals surface area (Å²) in [6.45, 7) is 9.90. The van der Waals surface area contributed by atoms with Crippen molar-refractivity contribution in [3.63, 3.8) is 0 Å². The van der Waals surface area contributed by atoms with Gasteiger partial charge in [0.1, 0.15) is 12.6 Å². The van der Waals surface area contributed by atoms with Crippen LogP contribution in [0, 0.1) is 0 Å². The lowest BCUT2D eigenvalue weighted by Crippen LogP contribution is -2.36. The van der Waals surface area contributed by atoms with Gasteiger partial charge in [-0.3, -0.25) is 5.43 Å². The van der Waals surface area contributed by atoms with Gasteiger partial charge in [0, 0.05) is 12.8 Å². The third-order valence-corrected chi connectivity index (χ3v) is 1.25. The molecule has 4 heteroatoms. The summed E-state index contributed by atoms with van der Waals surface area (Å²) in [6.07, 6.45) is 0.880. The van der Waals surface area contributed by atoms with Crippen LogP contribution in [0.2, 0.25) is 0 Å². The Morgan fingerprint density at radius 3 is 2.50 bits per heavy atom. The molecule has 3 N–H and O–H groups in total. The highest BCUT2D eigenvalue weighted by molar-refractivity contribution is 4.92. The van der Waals surface area contributed by atoms with E-state index in [9.17, 15) is 0 Å². The molecule has 0 unspecified atom stereocenters. The molecule has 0 spiro atoms. The summed E-state index contributed by atoms with van der Waals surface area (Å²) in [5.41, 5.74) is 6.62. The quantitative estimate of drug-likeness (QED) is 0.389. The van der Waals surface area contributed by atoms with E-state index >= 15 is 0 Å². The Balaban J connectivity index is 3.37. The molecule has 0 bridgehead atoms. The molecule has 0 aromatic rings. The van der Waals surface area contributed by atoms with Gasteiger partial charge in [-0.25, -0.2) is 0 Å². The number of rotatable bonds is 7. The molecule has 0 fully saturated rings. The first-order valence-corrected chi connectivity index (χ1v) is 3.82. The van der Waals surface area contributed by atoms with Gasteiger partial charge >= 0.3 is 0 Å². The summed E-state index contributed by atoms with van der Waals surface area (Å²) in [6, 6.07) is 0. The van der Waals surface area contributed by atoms with Gasteiger partial charge in [0.15, 0.2) is 0 Å². The molecule has 0 amide bonds. The predicted molar refractivity (Wildman–Crippen MR) is 49.9 cm³/mol. The van der Waals surface area contributed by atoms with Crippen molar-refractivity contribution in [2.24, 2.45) is 0 Å². The number of hydrogen-bond donors (Lipinski definition) is 3. The maximum absolute atomic E-state index is 4.78. The van der Waals surface area contributed by atoms with Crippen LogP contribution < -0.4 is 16.2 Å². The topological polar surface area (TPSA) is 45.3 Å². The van der Waals surface area contributed by atoms with Crippen LogP contribution in [0.15, 0.2) is 24.7 Å². The van der Waals surface area contributed by atoms with Crippen LogP contribution >= 0.6 is 0 Å². The summed E-state index contributed by atoms with van der Waals surface area (Å²) in [5.74, 6) is 0.659. The van der Waals surface area contributed by atoms with E-state index in [4.69, 9.17) is 4.74 Å². The second kappa shape index (κ2) is 6.54. The van der Waals surface area contributed by atoms with Crippen LogP contribution in [-0.4, -0.2) is 13.8 Å². The van der Waals surface area contributed by atoms with Crippen molar-refractivity contribution >= 4 is 0 Å². The van der Waals surface area contributed by atoms with Crippen LogP contribution in [0.3, 0.4) is 0 Å². The fourth-order valence-electron chi connectivity index (χ4n) is 0.456. The predicted octanol–water partition coefficient (Wildman–Crippen LogP) is 0.669. The van der Waals surface area contributed by atoms with E-state index in [1.807, 2.05) is 6.92 Å². The number of allylic oxidation sites excluding steroid dienone is 1. The first-order chi connectivity index (χ1) is 5.70. The molecule has 0 radical (unpaired) electrons. The summed E-state index contributed by atoms with van der Waals surface area (Å²) in [5, 5.41) is 2.88. The van der Waals surface area contributed by atoms with E-state index in [0.717, 1.165) is 12.1 Å². The van der Waals surface area contributed by atoms with Crippen molar-refractivity contribution in [2.45, 2.75) is 13.3 Å². The van der Waals surface area contributed by atoms with Crippen molar-refractivity contribution in [2.75, 3.05) is 13.8 Å². The second-order valence-electron chi connectivity index (χ2n) is 2.30. The molecule has 0 aliphatic carbocycles. The Kier molecular flexibility index (Phi) is 5.91. The second-order valence-corrected chi connectivity index (χ2v) is 2.30. The van der Waals surface area contributed by atoms with Gasteiger partial charge < -0.3 is 15.5 Å². The lowest BCUT2D eigenvalue weighted by molar-refractivity contribution is 0.182. The summed E-state index contributed by atoms with van der Waals surface area (Å²) in [4.78, 5) is 0. The molecule has 0 saturated carbocycles. The number of nitrogens with one attached hydrogen (secondary N) is 3. The van der Waals surface area contributed by atoms with Gasteiger partial charge in [-0.2, -0.15) is 0 Å².